The van der Waals surface area contributed by atoms with Crippen LogP contribution in [0.25, 0.3) is 0 Å². The summed E-state index contributed by atoms with van der Waals surface area (Å²) in [5.74, 6) is -0.0762. The van der Waals surface area contributed by atoms with Gasteiger partial charge in [0.15, 0.2) is 11.6 Å². The molecule has 0 amide bonds. The minimum Gasteiger partial charge on any atom is -0.457 e. The first kappa shape index (κ1) is 20.5. The van der Waals surface area contributed by atoms with E-state index in [0.29, 0.717) is 6.54 Å². The van der Waals surface area contributed by atoms with Crippen molar-refractivity contribution in [2.24, 2.45) is 0 Å². The normalized spacial score (nSPS) is 16.4. The predicted octanol–water partition coefficient (Wildman–Crippen LogP) is 6.55. The zero-order valence-electron chi connectivity index (χ0n) is 17.6. The fraction of sp³-hybridized carbons (Fsp3) is 0.185. The second-order valence-corrected chi connectivity index (χ2v) is 8.09. The maximum Gasteiger partial charge on any atom is 0.159 e. The smallest absolute Gasteiger partial charge is 0.159 e. The van der Waals surface area contributed by atoms with Crippen LogP contribution in [0.5, 0.6) is 11.5 Å². The third-order valence-electron chi connectivity index (χ3n) is 5.88. The van der Waals surface area contributed by atoms with E-state index in [1.165, 1.54) is 17.8 Å². The molecule has 0 aliphatic carbocycles. The van der Waals surface area contributed by atoms with Crippen LogP contribution in [-0.4, -0.2) is 16.0 Å². The number of ether oxygens (including phenoxy) is 1. The van der Waals surface area contributed by atoms with Crippen molar-refractivity contribution >= 4 is 0 Å². The van der Waals surface area contributed by atoms with Crippen LogP contribution in [0.15, 0.2) is 91.1 Å². The van der Waals surface area contributed by atoms with Crippen LogP contribution in [0.2, 0.25) is 0 Å². The molecule has 1 aliphatic rings. The van der Waals surface area contributed by atoms with Crippen molar-refractivity contribution in [2.45, 2.75) is 25.6 Å². The molecule has 1 unspecified atom stereocenters. The minimum atomic E-state index is -0.819. The van der Waals surface area contributed by atoms with Gasteiger partial charge in [-0.05, 0) is 66.1 Å². The van der Waals surface area contributed by atoms with Gasteiger partial charge in [0.1, 0.15) is 11.5 Å². The van der Waals surface area contributed by atoms with Gasteiger partial charge in [-0.2, -0.15) is 0 Å². The monoisotopic (exact) mass is 430 g/mol. The number of benzene rings is 3. The van der Waals surface area contributed by atoms with Gasteiger partial charge in [-0.3, -0.25) is 4.90 Å². The first-order valence-corrected chi connectivity index (χ1v) is 10.8. The molecule has 32 heavy (non-hydrogen) atoms. The third kappa shape index (κ3) is 4.30. The summed E-state index contributed by atoms with van der Waals surface area (Å²) in [5, 5.41) is 0. The van der Waals surface area contributed by atoms with Crippen LogP contribution in [-0.2, 0) is 13.1 Å². The van der Waals surface area contributed by atoms with Crippen LogP contribution in [0.1, 0.15) is 29.3 Å². The number of fused-ring (bicyclic) bond motifs is 1. The van der Waals surface area contributed by atoms with E-state index in [4.69, 9.17) is 4.74 Å². The number of halogens is 2. The predicted molar refractivity (Wildman–Crippen MR) is 121 cm³/mol. The van der Waals surface area contributed by atoms with Crippen LogP contribution < -0.4 is 4.74 Å². The highest BCUT2D eigenvalue weighted by Crippen LogP contribution is 2.35. The number of aryl methyl sites for hydroxylation is 1. The molecular weight excluding hydrogens is 406 g/mol. The SMILES string of the molecule is Fc1ccc(CN2CCCn3cccc3C2c2cccc(Oc3ccccc3)c2)cc1F. The third-order valence-corrected chi connectivity index (χ3v) is 5.88. The Morgan fingerprint density at radius 2 is 1.62 bits per heavy atom. The minimum absolute atomic E-state index is 0.0278. The first-order valence-electron chi connectivity index (χ1n) is 10.8. The lowest BCUT2D eigenvalue weighted by atomic mass is 10.0. The van der Waals surface area contributed by atoms with E-state index >= 15 is 0 Å². The molecule has 3 nitrogen and oxygen atoms in total. The molecule has 0 saturated heterocycles. The zero-order valence-corrected chi connectivity index (χ0v) is 17.6. The molecular formula is C27H24F2N2O. The lowest BCUT2D eigenvalue weighted by Gasteiger charge is -2.31. The summed E-state index contributed by atoms with van der Waals surface area (Å²) < 4.78 is 35.7. The summed E-state index contributed by atoms with van der Waals surface area (Å²) in [6.07, 6.45) is 3.08. The zero-order chi connectivity index (χ0) is 21.9. The Morgan fingerprint density at radius 3 is 2.47 bits per heavy atom. The Hall–Kier alpha value is -3.44. The molecule has 0 fully saturated rings. The Bertz CT molecular complexity index is 1210. The van der Waals surface area contributed by atoms with E-state index in [0.717, 1.165) is 42.1 Å². The highest BCUT2D eigenvalue weighted by molar-refractivity contribution is 5.38. The average Bonchev–Trinajstić information content (AvgIpc) is 3.18. The van der Waals surface area contributed by atoms with Gasteiger partial charge in [-0.15, -0.1) is 0 Å². The van der Waals surface area contributed by atoms with E-state index in [-0.39, 0.29) is 6.04 Å². The topological polar surface area (TPSA) is 17.4 Å². The van der Waals surface area contributed by atoms with Crippen molar-refractivity contribution in [3.05, 3.63) is 120 Å². The summed E-state index contributed by atoms with van der Waals surface area (Å²) in [7, 11) is 0. The molecule has 1 aliphatic heterocycles. The van der Waals surface area contributed by atoms with Crippen LogP contribution in [0, 0.1) is 11.6 Å². The molecule has 2 heterocycles. The second kappa shape index (κ2) is 8.97. The molecule has 5 rings (SSSR count). The Labute approximate surface area is 186 Å². The molecule has 5 heteroatoms. The first-order chi connectivity index (χ1) is 15.7. The van der Waals surface area contributed by atoms with E-state index in [1.54, 1.807) is 6.07 Å². The van der Waals surface area contributed by atoms with Crippen molar-refractivity contribution < 1.29 is 13.5 Å². The van der Waals surface area contributed by atoms with Crippen LogP contribution >= 0.6 is 0 Å². The molecule has 1 atom stereocenters. The van der Waals surface area contributed by atoms with Gasteiger partial charge in [0.05, 0.1) is 6.04 Å². The van der Waals surface area contributed by atoms with Gasteiger partial charge in [-0.1, -0.05) is 36.4 Å². The molecule has 0 N–H and O–H groups in total. The number of aromatic nitrogens is 1. The van der Waals surface area contributed by atoms with Crippen molar-refractivity contribution in [1.29, 1.82) is 0 Å². The molecule has 4 aromatic rings. The molecule has 0 radical (unpaired) electrons. The highest BCUT2D eigenvalue weighted by Gasteiger charge is 2.28. The van der Waals surface area contributed by atoms with Crippen LogP contribution in [0.4, 0.5) is 8.78 Å². The van der Waals surface area contributed by atoms with E-state index < -0.39 is 11.6 Å². The molecule has 0 saturated carbocycles. The summed E-state index contributed by atoms with van der Waals surface area (Å²) in [4.78, 5) is 2.33. The number of hydrogen-bond acceptors (Lipinski definition) is 2. The van der Waals surface area contributed by atoms with Crippen molar-refractivity contribution in [2.75, 3.05) is 6.54 Å². The number of rotatable bonds is 5. The van der Waals surface area contributed by atoms with Gasteiger partial charge in [0, 0.05) is 31.5 Å². The number of nitrogens with zero attached hydrogens (tertiary/aromatic N) is 2. The maximum atomic E-state index is 13.9. The largest absolute Gasteiger partial charge is 0.457 e. The lowest BCUT2D eigenvalue weighted by molar-refractivity contribution is 0.219. The number of hydrogen-bond donors (Lipinski definition) is 0. The van der Waals surface area contributed by atoms with E-state index in [1.807, 2.05) is 42.5 Å². The Morgan fingerprint density at radius 1 is 0.781 bits per heavy atom. The lowest BCUT2D eigenvalue weighted by Crippen LogP contribution is -2.29. The number of para-hydroxylation sites is 1. The van der Waals surface area contributed by atoms with Gasteiger partial charge in [0.2, 0.25) is 0 Å². The fourth-order valence-corrected chi connectivity index (χ4v) is 4.44. The quantitative estimate of drug-likeness (QED) is 0.357. The summed E-state index contributed by atoms with van der Waals surface area (Å²) in [6.45, 7) is 2.29. The summed E-state index contributed by atoms with van der Waals surface area (Å²) >= 11 is 0. The molecule has 162 valence electrons. The average molecular weight is 430 g/mol. The van der Waals surface area contributed by atoms with Gasteiger partial charge >= 0.3 is 0 Å². The van der Waals surface area contributed by atoms with Crippen molar-refractivity contribution in [3.63, 3.8) is 0 Å². The summed E-state index contributed by atoms with van der Waals surface area (Å²) in [6, 6.07) is 26.2. The molecule has 1 aromatic heterocycles. The van der Waals surface area contributed by atoms with Gasteiger partial charge in [-0.25, -0.2) is 8.78 Å². The van der Waals surface area contributed by atoms with Gasteiger partial charge < -0.3 is 9.30 Å². The standard InChI is InChI=1S/C27H24F2N2O/c28-24-13-12-20(17-25(24)29)19-31-16-6-15-30-14-5-11-26(30)27(31)21-7-4-10-23(18-21)32-22-8-2-1-3-9-22/h1-5,7-14,17-18,27H,6,15-16,19H2. The van der Waals surface area contributed by atoms with Crippen molar-refractivity contribution in [1.82, 2.24) is 9.47 Å². The fourth-order valence-electron chi connectivity index (χ4n) is 4.44. The summed E-state index contributed by atoms with van der Waals surface area (Å²) in [5.41, 5.74) is 3.04. The Balaban J connectivity index is 1.50. The van der Waals surface area contributed by atoms with Crippen molar-refractivity contribution in [3.8, 4) is 11.5 Å². The molecule has 3 aromatic carbocycles. The Kier molecular flexibility index (Phi) is 5.73. The van der Waals surface area contributed by atoms with E-state index in [2.05, 4.69) is 39.9 Å². The van der Waals surface area contributed by atoms with Crippen LogP contribution in [0.3, 0.4) is 0 Å². The second-order valence-electron chi connectivity index (χ2n) is 8.09. The van der Waals surface area contributed by atoms with Gasteiger partial charge in [0.25, 0.3) is 0 Å². The highest BCUT2D eigenvalue weighted by atomic mass is 19.2. The molecule has 0 bridgehead atoms. The maximum absolute atomic E-state index is 13.9. The van der Waals surface area contributed by atoms with E-state index in [9.17, 15) is 8.78 Å². The molecule has 0 spiro atoms.